The van der Waals surface area contributed by atoms with Crippen molar-refractivity contribution in [2.45, 2.75) is 19.5 Å². The predicted octanol–water partition coefficient (Wildman–Crippen LogP) is 2.06. The third-order valence-corrected chi connectivity index (χ3v) is 4.48. The van der Waals surface area contributed by atoms with Gasteiger partial charge in [-0.25, -0.2) is 0 Å². The van der Waals surface area contributed by atoms with Crippen LogP contribution in [0.3, 0.4) is 0 Å². The standard InChI is InChI=1S/C14H15N5O3S/c1-9-15-14(22-17-9)10-8-20-5-4-19(10)7-12-16-13(18-21-12)11-3-2-6-23-11/h2-3,6,10H,4-5,7-8H2,1H3. The summed E-state index contributed by atoms with van der Waals surface area (Å²) in [5, 5.41) is 9.88. The average molecular weight is 333 g/mol. The van der Waals surface area contributed by atoms with Crippen molar-refractivity contribution in [2.24, 2.45) is 0 Å². The fraction of sp³-hybridized carbons (Fsp3) is 0.429. The van der Waals surface area contributed by atoms with E-state index in [-0.39, 0.29) is 6.04 Å². The Hall–Kier alpha value is -2.10. The Morgan fingerprint density at radius 3 is 3.04 bits per heavy atom. The highest BCUT2D eigenvalue weighted by Gasteiger charge is 2.30. The van der Waals surface area contributed by atoms with Crippen molar-refractivity contribution in [3.63, 3.8) is 0 Å². The van der Waals surface area contributed by atoms with Crippen LogP contribution in [0.15, 0.2) is 26.6 Å². The molecule has 3 aromatic rings. The van der Waals surface area contributed by atoms with Gasteiger partial charge in [-0.1, -0.05) is 16.4 Å². The van der Waals surface area contributed by atoms with E-state index in [1.54, 1.807) is 18.3 Å². The Balaban J connectivity index is 1.52. The summed E-state index contributed by atoms with van der Waals surface area (Å²) < 4.78 is 16.2. The highest BCUT2D eigenvalue weighted by atomic mass is 32.1. The molecule has 120 valence electrons. The van der Waals surface area contributed by atoms with E-state index in [4.69, 9.17) is 13.8 Å². The summed E-state index contributed by atoms with van der Waals surface area (Å²) in [6.07, 6.45) is 0. The Morgan fingerprint density at radius 1 is 1.30 bits per heavy atom. The van der Waals surface area contributed by atoms with Crippen molar-refractivity contribution in [3.05, 3.63) is 35.1 Å². The van der Waals surface area contributed by atoms with Gasteiger partial charge in [-0.2, -0.15) is 9.97 Å². The molecule has 1 atom stereocenters. The Kier molecular flexibility index (Phi) is 3.90. The van der Waals surface area contributed by atoms with Crippen LogP contribution in [0, 0.1) is 6.92 Å². The second kappa shape index (κ2) is 6.19. The first kappa shape index (κ1) is 14.5. The molecule has 1 unspecified atom stereocenters. The van der Waals surface area contributed by atoms with Gasteiger partial charge in [0.25, 0.3) is 0 Å². The lowest BCUT2D eigenvalue weighted by atomic mass is 10.2. The first-order valence-electron chi connectivity index (χ1n) is 7.28. The highest BCUT2D eigenvalue weighted by molar-refractivity contribution is 7.13. The van der Waals surface area contributed by atoms with Crippen LogP contribution in [0.4, 0.5) is 0 Å². The largest absolute Gasteiger partial charge is 0.378 e. The summed E-state index contributed by atoms with van der Waals surface area (Å²) in [6.45, 7) is 4.21. The van der Waals surface area contributed by atoms with E-state index >= 15 is 0 Å². The Morgan fingerprint density at radius 2 is 2.26 bits per heavy atom. The van der Waals surface area contributed by atoms with Gasteiger partial charge >= 0.3 is 0 Å². The summed E-state index contributed by atoms with van der Waals surface area (Å²) in [6, 6.07) is 3.84. The molecule has 4 rings (SSSR count). The molecule has 3 aromatic heterocycles. The van der Waals surface area contributed by atoms with Crippen molar-refractivity contribution in [1.82, 2.24) is 25.2 Å². The SMILES string of the molecule is Cc1noc(C2COCCN2Cc2nc(-c3cccs3)no2)n1. The second-order valence-corrected chi connectivity index (χ2v) is 6.18. The molecule has 0 aliphatic carbocycles. The average Bonchev–Trinajstić information content (AvgIpc) is 3.28. The number of thiophene rings is 1. The third-order valence-electron chi connectivity index (χ3n) is 3.62. The number of rotatable bonds is 4. The predicted molar refractivity (Wildman–Crippen MR) is 80.6 cm³/mol. The van der Waals surface area contributed by atoms with Crippen LogP contribution in [0.2, 0.25) is 0 Å². The lowest BCUT2D eigenvalue weighted by Gasteiger charge is -2.31. The van der Waals surface area contributed by atoms with Gasteiger partial charge < -0.3 is 13.8 Å². The quantitative estimate of drug-likeness (QED) is 0.716. The summed E-state index contributed by atoms with van der Waals surface area (Å²) in [5.74, 6) is 2.36. The molecule has 0 amide bonds. The van der Waals surface area contributed by atoms with Gasteiger partial charge in [0, 0.05) is 6.54 Å². The lowest BCUT2D eigenvalue weighted by Crippen LogP contribution is -2.39. The molecule has 8 nitrogen and oxygen atoms in total. The number of hydrogen-bond acceptors (Lipinski definition) is 9. The normalized spacial score (nSPS) is 19.3. The lowest BCUT2D eigenvalue weighted by molar-refractivity contribution is -0.0279. The van der Waals surface area contributed by atoms with E-state index < -0.39 is 0 Å². The molecule has 23 heavy (non-hydrogen) atoms. The minimum atomic E-state index is -0.0953. The first-order chi connectivity index (χ1) is 11.3. The molecular formula is C14H15N5O3S. The van der Waals surface area contributed by atoms with E-state index in [1.807, 2.05) is 17.5 Å². The maximum Gasteiger partial charge on any atom is 0.246 e. The molecule has 0 radical (unpaired) electrons. The molecule has 1 saturated heterocycles. The van der Waals surface area contributed by atoms with Crippen LogP contribution in [0.1, 0.15) is 23.6 Å². The van der Waals surface area contributed by atoms with E-state index in [2.05, 4.69) is 25.2 Å². The van der Waals surface area contributed by atoms with Gasteiger partial charge in [-0.15, -0.1) is 11.3 Å². The van der Waals surface area contributed by atoms with Crippen molar-refractivity contribution in [3.8, 4) is 10.7 Å². The molecule has 1 aliphatic heterocycles. The molecule has 1 fully saturated rings. The summed E-state index contributed by atoms with van der Waals surface area (Å²) in [4.78, 5) is 11.9. The molecule has 0 N–H and O–H groups in total. The maximum absolute atomic E-state index is 5.54. The number of aromatic nitrogens is 4. The molecule has 1 aliphatic rings. The third kappa shape index (κ3) is 3.03. The van der Waals surface area contributed by atoms with Crippen molar-refractivity contribution in [2.75, 3.05) is 19.8 Å². The molecule has 0 spiro atoms. The van der Waals surface area contributed by atoms with Gasteiger partial charge in [0.1, 0.15) is 6.04 Å². The van der Waals surface area contributed by atoms with Crippen LogP contribution < -0.4 is 0 Å². The topological polar surface area (TPSA) is 90.3 Å². The van der Waals surface area contributed by atoms with Gasteiger partial charge in [0.15, 0.2) is 5.82 Å². The zero-order chi connectivity index (χ0) is 15.6. The monoisotopic (exact) mass is 333 g/mol. The zero-order valence-electron chi connectivity index (χ0n) is 12.5. The first-order valence-corrected chi connectivity index (χ1v) is 8.16. The van der Waals surface area contributed by atoms with Gasteiger partial charge in [-0.05, 0) is 18.4 Å². The van der Waals surface area contributed by atoms with Crippen LogP contribution in [0.25, 0.3) is 10.7 Å². The Bertz CT molecular complexity index is 769. The van der Waals surface area contributed by atoms with E-state index in [0.29, 0.717) is 43.2 Å². The number of morpholine rings is 1. The van der Waals surface area contributed by atoms with E-state index in [0.717, 1.165) is 11.4 Å². The zero-order valence-corrected chi connectivity index (χ0v) is 13.3. The van der Waals surface area contributed by atoms with Crippen molar-refractivity contribution >= 4 is 11.3 Å². The number of aryl methyl sites for hydroxylation is 1. The second-order valence-electron chi connectivity index (χ2n) is 5.23. The van der Waals surface area contributed by atoms with Crippen LogP contribution in [-0.2, 0) is 11.3 Å². The smallest absolute Gasteiger partial charge is 0.246 e. The van der Waals surface area contributed by atoms with Crippen LogP contribution >= 0.6 is 11.3 Å². The minimum Gasteiger partial charge on any atom is -0.378 e. The van der Waals surface area contributed by atoms with Crippen molar-refractivity contribution < 1.29 is 13.8 Å². The molecule has 0 saturated carbocycles. The van der Waals surface area contributed by atoms with Crippen LogP contribution in [-0.4, -0.2) is 44.9 Å². The Labute approximate surface area is 136 Å². The molecular weight excluding hydrogens is 318 g/mol. The van der Waals surface area contributed by atoms with E-state index in [1.165, 1.54) is 0 Å². The number of hydrogen-bond donors (Lipinski definition) is 0. The molecule has 0 bridgehead atoms. The van der Waals surface area contributed by atoms with Gasteiger partial charge in [0.2, 0.25) is 17.6 Å². The summed E-state index contributed by atoms with van der Waals surface area (Å²) in [7, 11) is 0. The molecule has 4 heterocycles. The number of ether oxygens (including phenoxy) is 1. The molecule has 9 heteroatoms. The summed E-state index contributed by atoms with van der Waals surface area (Å²) in [5.41, 5.74) is 0. The van der Waals surface area contributed by atoms with E-state index in [9.17, 15) is 0 Å². The summed E-state index contributed by atoms with van der Waals surface area (Å²) >= 11 is 1.58. The highest BCUT2D eigenvalue weighted by Crippen LogP contribution is 2.26. The molecule has 0 aromatic carbocycles. The maximum atomic E-state index is 5.54. The fourth-order valence-corrected chi connectivity index (χ4v) is 3.15. The fourth-order valence-electron chi connectivity index (χ4n) is 2.50. The van der Waals surface area contributed by atoms with Crippen molar-refractivity contribution in [1.29, 1.82) is 0 Å². The van der Waals surface area contributed by atoms with Gasteiger partial charge in [-0.3, -0.25) is 4.90 Å². The van der Waals surface area contributed by atoms with Gasteiger partial charge in [0.05, 0.1) is 24.6 Å². The minimum absolute atomic E-state index is 0.0953. The number of nitrogens with zero attached hydrogens (tertiary/aromatic N) is 5. The van der Waals surface area contributed by atoms with Crippen LogP contribution in [0.5, 0.6) is 0 Å².